The molecule has 0 heterocycles. The zero-order valence-corrected chi connectivity index (χ0v) is 11.1. The standard InChI is InChI=1S/C13H23NO3/c1-8(2)9(3)14(4)12(15)10-6-5-7-11(10)13(16)17/h8-11H,5-7H2,1-4H3,(H,16,17)/t9?,10-,11+/m1/s1. The highest BCUT2D eigenvalue weighted by atomic mass is 16.4. The van der Waals surface area contributed by atoms with Gasteiger partial charge in [0.2, 0.25) is 5.91 Å². The Morgan fingerprint density at radius 2 is 1.71 bits per heavy atom. The second-order valence-electron chi connectivity index (χ2n) is 5.42. The smallest absolute Gasteiger partial charge is 0.307 e. The minimum atomic E-state index is -0.827. The van der Waals surface area contributed by atoms with E-state index >= 15 is 0 Å². The zero-order chi connectivity index (χ0) is 13.2. The topological polar surface area (TPSA) is 57.6 Å². The molecule has 17 heavy (non-hydrogen) atoms. The second-order valence-corrected chi connectivity index (χ2v) is 5.42. The summed E-state index contributed by atoms with van der Waals surface area (Å²) in [6.45, 7) is 6.14. The first-order chi connectivity index (χ1) is 7.86. The van der Waals surface area contributed by atoms with Crippen LogP contribution in [0.1, 0.15) is 40.0 Å². The molecule has 0 spiro atoms. The molecular formula is C13H23NO3. The fraction of sp³-hybridized carbons (Fsp3) is 0.846. The molecule has 1 amide bonds. The monoisotopic (exact) mass is 241 g/mol. The van der Waals surface area contributed by atoms with Crippen molar-refractivity contribution < 1.29 is 14.7 Å². The zero-order valence-electron chi connectivity index (χ0n) is 11.1. The summed E-state index contributed by atoms with van der Waals surface area (Å²) in [5.41, 5.74) is 0. The summed E-state index contributed by atoms with van der Waals surface area (Å²) in [7, 11) is 1.78. The number of rotatable bonds is 4. The van der Waals surface area contributed by atoms with Crippen molar-refractivity contribution in [1.82, 2.24) is 4.90 Å². The van der Waals surface area contributed by atoms with Crippen LogP contribution in [0.3, 0.4) is 0 Å². The number of carbonyl (C=O) groups is 2. The van der Waals surface area contributed by atoms with E-state index in [0.29, 0.717) is 18.8 Å². The lowest BCUT2D eigenvalue weighted by molar-refractivity contribution is -0.149. The Kier molecular flexibility index (Phi) is 4.54. The van der Waals surface area contributed by atoms with E-state index in [9.17, 15) is 9.59 Å². The van der Waals surface area contributed by atoms with Gasteiger partial charge in [0.15, 0.2) is 0 Å². The van der Waals surface area contributed by atoms with Crippen molar-refractivity contribution in [2.45, 2.75) is 46.1 Å². The number of aliphatic carboxylic acids is 1. The Morgan fingerprint density at radius 1 is 1.18 bits per heavy atom. The summed E-state index contributed by atoms with van der Waals surface area (Å²) >= 11 is 0. The van der Waals surface area contributed by atoms with Crippen LogP contribution >= 0.6 is 0 Å². The number of carboxylic acid groups (broad SMARTS) is 1. The molecule has 4 nitrogen and oxygen atoms in total. The molecule has 1 N–H and O–H groups in total. The third kappa shape index (κ3) is 2.99. The van der Waals surface area contributed by atoms with Gasteiger partial charge in [0.25, 0.3) is 0 Å². The minimum Gasteiger partial charge on any atom is -0.481 e. The Morgan fingerprint density at radius 3 is 2.18 bits per heavy atom. The Labute approximate surface area is 103 Å². The summed E-state index contributed by atoms with van der Waals surface area (Å²) < 4.78 is 0. The van der Waals surface area contributed by atoms with E-state index < -0.39 is 11.9 Å². The third-order valence-electron chi connectivity index (χ3n) is 4.07. The molecule has 1 unspecified atom stereocenters. The molecule has 0 bridgehead atoms. The lowest BCUT2D eigenvalue weighted by Crippen LogP contribution is -2.43. The predicted molar refractivity (Wildman–Crippen MR) is 65.5 cm³/mol. The molecule has 1 saturated carbocycles. The molecule has 1 aliphatic carbocycles. The molecule has 0 aliphatic heterocycles. The van der Waals surface area contributed by atoms with Crippen molar-refractivity contribution in [3.63, 3.8) is 0 Å². The number of nitrogens with zero attached hydrogens (tertiary/aromatic N) is 1. The highest BCUT2D eigenvalue weighted by Crippen LogP contribution is 2.33. The highest BCUT2D eigenvalue weighted by Gasteiger charge is 2.39. The van der Waals surface area contributed by atoms with Crippen LogP contribution in [0, 0.1) is 17.8 Å². The van der Waals surface area contributed by atoms with Crippen molar-refractivity contribution in [3.05, 3.63) is 0 Å². The van der Waals surface area contributed by atoms with Crippen molar-refractivity contribution in [2.75, 3.05) is 7.05 Å². The molecule has 1 rings (SSSR count). The summed E-state index contributed by atoms with van der Waals surface area (Å²) in [4.78, 5) is 25.1. The van der Waals surface area contributed by atoms with Gasteiger partial charge in [-0.15, -0.1) is 0 Å². The molecular weight excluding hydrogens is 218 g/mol. The van der Waals surface area contributed by atoms with Crippen molar-refractivity contribution in [3.8, 4) is 0 Å². The maximum absolute atomic E-state index is 12.3. The Bertz CT molecular complexity index is 301. The van der Waals surface area contributed by atoms with Crippen molar-refractivity contribution >= 4 is 11.9 Å². The minimum absolute atomic E-state index is 0.00361. The molecule has 1 fully saturated rings. The van der Waals surface area contributed by atoms with Crippen LogP contribution in [0.15, 0.2) is 0 Å². The number of amides is 1. The average molecular weight is 241 g/mol. The number of hydrogen-bond acceptors (Lipinski definition) is 2. The fourth-order valence-corrected chi connectivity index (χ4v) is 2.46. The van der Waals surface area contributed by atoms with Gasteiger partial charge in [-0.3, -0.25) is 9.59 Å². The largest absolute Gasteiger partial charge is 0.481 e. The summed E-state index contributed by atoms with van der Waals surface area (Å²) in [6.07, 6.45) is 2.19. The fourth-order valence-electron chi connectivity index (χ4n) is 2.46. The van der Waals surface area contributed by atoms with Crippen LogP contribution in [-0.4, -0.2) is 35.0 Å². The predicted octanol–water partition coefficient (Wildman–Crippen LogP) is 1.99. The lowest BCUT2D eigenvalue weighted by Gasteiger charge is -2.31. The molecule has 0 saturated heterocycles. The van der Waals surface area contributed by atoms with E-state index in [2.05, 4.69) is 13.8 Å². The van der Waals surface area contributed by atoms with Gasteiger partial charge in [0.1, 0.15) is 0 Å². The quantitative estimate of drug-likeness (QED) is 0.819. The number of carbonyl (C=O) groups excluding carboxylic acids is 1. The van der Waals surface area contributed by atoms with E-state index in [4.69, 9.17) is 5.11 Å². The average Bonchev–Trinajstić information content (AvgIpc) is 2.74. The van der Waals surface area contributed by atoms with Crippen LogP contribution in [-0.2, 0) is 9.59 Å². The van der Waals surface area contributed by atoms with Gasteiger partial charge in [-0.2, -0.15) is 0 Å². The normalized spacial score (nSPS) is 25.9. The maximum atomic E-state index is 12.3. The van der Waals surface area contributed by atoms with Crippen molar-refractivity contribution in [1.29, 1.82) is 0 Å². The first-order valence-electron chi connectivity index (χ1n) is 6.35. The Hall–Kier alpha value is -1.06. The van der Waals surface area contributed by atoms with Gasteiger partial charge in [-0.1, -0.05) is 20.3 Å². The van der Waals surface area contributed by atoms with E-state index in [1.807, 2.05) is 6.92 Å². The van der Waals surface area contributed by atoms with Gasteiger partial charge in [0, 0.05) is 13.1 Å². The van der Waals surface area contributed by atoms with Crippen LogP contribution in [0.5, 0.6) is 0 Å². The maximum Gasteiger partial charge on any atom is 0.307 e. The van der Waals surface area contributed by atoms with E-state index in [1.165, 1.54) is 0 Å². The third-order valence-corrected chi connectivity index (χ3v) is 4.07. The molecule has 0 aromatic rings. The van der Waals surface area contributed by atoms with E-state index in [1.54, 1.807) is 11.9 Å². The van der Waals surface area contributed by atoms with Gasteiger partial charge in [-0.25, -0.2) is 0 Å². The molecule has 1 aliphatic rings. The first kappa shape index (κ1) is 14.0. The highest BCUT2D eigenvalue weighted by molar-refractivity contribution is 5.85. The first-order valence-corrected chi connectivity index (χ1v) is 6.35. The van der Waals surface area contributed by atoms with Crippen LogP contribution in [0.25, 0.3) is 0 Å². The molecule has 0 radical (unpaired) electrons. The van der Waals surface area contributed by atoms with Gasteiger partial charge >= 0.3 is 5.97 Å². The summed E-state index contributed by atoms with van der Waals surface area (Å²) in [5, 5.41) is 9.09. The molecule has 0 aromatic carbocycles. The molecule has 98 valence electrons. The number of hydrogen-bond donors (Lipinski definition) is 1. The van der Waals surface area contributed by atoms with Crippen LogP contribution in [0.4, 0.5) is 0 Å². The second kappa shape index (κ2) is 5.52. The van der Waals surface area contributed by atoms with E-state index in [0.717, 1.165) is 6.42 Å². The lowest BCUT2D eigenvalue weighted by atomic mass is 9.93. The molecule has 0 aromatic heterocycles. The van der Waals surface area contributed by atoms with Crippen molar-refractivity contribution in [2.24, 2.45) is 17.8 Å². The van der Waals surface area contributed by atoms with Crippen LogP contribution in [0.2, 0.25) is 0 Å². The number of carboxylic acids is 1. The van der Waals surface area contributed by atoms with Crippen LogP contribution < -0.4 is 0 Å². The summed E-state index contributed by atoms with van der Waals surface area (Å²) in [6, 6.07) is 0.151. The SMILES string of the molecule is CC(C)C(C)N(C)C(=O)[C@@H]1CCC[C@@H]1C(=O)O. The molecule has 4 heteroatoms. The van der Waals surface area contributed by atoms with Gasteiger partial charge in [0.05, 0.1) is 11.8 Å². The van der Waals surface area contributed by atoms with Gasteiger partial charge < -0.3 is 10.0 Å². The van der Waals surface area contributed by atoms with Gasteiger partial charge in [-0.05, 0) is 25.7 Å². The summed E-state index contributed by atoms with van der Waals surface area (Å²) in [5.74, 6) is -1.25. The molecule has 3 atom stereocenters. The van der Waals surface area contributed by atoms with E-state index in [-0.39, 0.29) is 17.9 Å². The Balaban J connectivity index is 2.72.